The minimum atomic E-state index is -4.75. The number of nitrogens with zero attached hydrogens (tertiary/aromatic N) is 3. The second kappa shape index (κ2) is 6.26. The van der Waals surface area contributed by atoms with Gasteiger partial charge in [-0.05, 0) is 30.5 Å². The molecule has 2 amide bonds. The zero-order valence-electron chi connectivity index (χ0n) is 13.3. The number of hydrogen-bond acceptors (Lipinski definition) is 4. The maximum absolute atomic E-state index is 12.3. The van der Waals surface area contributed by atoms with E-state index in [0.717, 1.165) is 0 Å². The average Bonchev–Trinajstić information content (AvgIpc) is 3.18. The van der Waals surface area contributed by atoms with Gasteiger partial charge in [-0.3, -0.25) is 0 Å². The summed E-state index contributed by atoms with van der Waals surface area (Å²) in [4.78, 5) is 13.5. The van der Waals surface area contributed by atoms with E-state index in [1.165, 1.54) is 29.2 Å². The Bertz CT molecular complexity index is 771. The molecule has 25 heavy (non-hydrogen) atoms. The molecule has 1 aromatic carbocycles. The summed E-state index contributed by atoms with van der Waals surface area (Å²) in [6.45, 7) is 0.201. The molecule has 1 saturated carbocycles. The topological polar surface area (TPSA) is 81.1 Å². The van der Waals surface area contributed by atoms with Gasteiger partial charge in [0.1, 0.15) is 11.4 Å². The summed E-state index contributed by atoms with van der Waals surface area (Å²) >= 11 is 0. The van der Waals surface area contributed by atoms with Gasteiger partial charge in [0.2, 0.25) is 0 Å². The van der Waals surface area contributed by atoms with E-state index < -0.39 is 17.9 Å². The summed E-state index contributed by atoms with van der Waals surface area (Å²) in [7, 11) is 1.67. The highest BCUT2D eigenvalue weighted by Gasteiger charge is 2.46. The third-order valence-electron chi connectivity index (χ3n) is 3.80. The molecule has 1 aromatic heterocycles. The molecule has 134 valence electrons. The van der Waals surface area contributed by atoms with Gasteiger partial charge in [-0.2, -0.15) is 15.0 Å². The standard InChI is InChI=1S/C15H16F3N5O2/c1-23-20-9-11(22-23)8-19-13(24)21-14(5-6-14)10-3-2-4-12(7-10)25-15(16,17)18/h2-4,7,9H,5-6,8H2,1H3,(H2,19,21,24). The number of aryl methyl sites for hydroxylation is 1. The highest BCUT2D eigenvalue weighted by molar-refractivity contribution is 5.75. The van der Waals surface area contributed by atoms with Crippen molar-refractivity contribution in [2.24, 2.45) is 7.05 Å². The molecule has 0 aliphatic heterocycles. The van der Waals surface area contributed by atoms with Gasteiger partial charge < -0.3 is 15.4 Å². The number of alkyl halides is 3. The third-order valence-corrected chi connectivity index (χ3v) is 3.80. The van der Waals surface area contributed by atoms with Gasteiger partial charge in [0.15, 0.2) is 0 Å². The van der Waals surface area contributed by atoms with E-state index in [2.05, 4.69) is 25.6 Å². The lowest BCUT2D eigenvalue weighted by atomic mass is 10.0. The van der Waals surface area contributed by atoms with E-state index in [0.29, 0.717) is 24.1 Å². The zero-order valence-corrected chi connectivity index (χ0v) is 13.3. The Hall–Kier alpha value is -2.78. The van der Waals surface area contributed by atoms with Gasteiger partial charge in [-0.1, -0.05) is 12.1 Å². The van der Waals surface area contributed by atoms with E-state index in [1.54, 1.807) is 13.1 Å². The van der Waals surface area contributed by atoms with Crippen LogP contribution in [0.2, 0.25) is 0 Å². The van der Waals surface area contributed by atoms with E-state index in [1.807, 2.05) is 0 Å². The maximum atomic E-state index is 12.3. The number of aromatic nitrogens is 3. The number of rotatable bonds is 5. The van der Waals surface area contributed by atoms with Crippen molar-refractivity contribution in [1.82, 2.24) is 25.6 Å². The van der Waals surface area contributed by atoms with Gasteiger partial charge in [-0.25, -0.2) is 4.79 Å². The van der Waals surface area contributed by atoms with Crippen molar-refractivity contribution in [2.75, 3.05) is 0 Å². The Balaban J connectivity index is 1.62. The third kappa shape index (κ3) is 4.40. The monoisotopic (exact) mass is 355 g/mol. The van der Waals surface area contributed by atoms with Crippen molar-refractivity contribution >= 4 is 6.03 Å². The lowest BCUT2D eigenvalue weighted by Crippen LogP contribution is -2.42. The largest absolute Gasteiger partial charge is 0.573 e. The number of halogens is 3. The van der Waals surface area contributed by atoms with Crippen molar-refractivity contribution in [1.29, 1.82) is 0 Å². The van der Waals surface area contributed by atoms with Crippen LogP contribution in [0.1, 0.15) is 24.1 Å². The van der Waals surface area contributed by atoms with Crippen LogP contribution in [0.3, 0.4) is 0 Å². The fraction of sp³-hybridized carbons (Fsp3) is 0.400. The lowest BCUT2D eigenvalue weighted by Gasteiger charge is -2.19. The molecule has 0 unspecified atom stereocenters. The lowest BCUT2D eigenvalue weighted by molar-refractivity contribution is -0.274. The van der Waals surface area contributed by atoms with Crippen LogP contribution < -0.4 is 15.4 Å². The molecule has 0 saturated heterocycles. The first-order valence-electron chi connectivity index (χ1n) is 7.53. The minimum Gasteiger partial charge on any atom is -0.406 e. The highest BCUT2D eigenvalue weighted by atomic mass is 19.4. The molecular weight excluding hydrogens is 339 g/mol. The van der Waals surface area contributed by atoms with Crippen LogP contribution in [0.15, 0.2) is 30.5 Å². The van der Waals surface area contributed by atoms with Crippen LogP contribution >= 0.6 is 0 Å². The molecule has 2 aromatic rings. The Labute approximate surface area is 141 Å². The number of nitrogens with one attached hydrogen (secondary N) is 2. The Kier molecular flexibility index (Phi) is 4.27. The van der Waals surface area contributed by atoms with Crippen LogP contribution in [0.25, 0.3) is 0 Å². The summed E-state index contributed by atoms with van der Waals surface area (Å²) < 4.78 is 41.0. The molecule has 1 heterocycles. The first kappa shape index (κ1) is 17.1. The SMILES string of the molecule is Cn1ncc(CNC(=O)NC2(c3cccc(OC(F)(F)F)c3)CC2)n1. The number of benzene rings is 1. The van der Waals surface area contributed by atoms with Crippen LogP contribution in [0.5, 0.6) is 5.75 Å². The minimum absolute atomic E-state index is 0.201. The molecule has 10 heteroatoms. The van der Waals surface area contributed by atoms with Crippen molar-refractivity contribution < 1.29 is 22.7 Å². The van der Waals surface area contributed by atoms with Crippen molar-refractivity contribution in [3.63, 3.8) is 0 Å². The fourth-order valence-electron chi connectivity index (χ4n) is 2.50. The molecule has 1 aliphatic carbocycles. The Morgan fingerprint density at radius 3 is 2.76 bits per heavy atom. The van der Waals surface area contributed by atoms with E-state index in [-0.39, 0.29) is 12.3 Å². The second-order valence-corrected chi connectivity index (χ2v) is 5.79. The van der Waals surface area contributed by atoms with Crippen LogP contribution in [-0.4, -0.2) is 27.4 Å². The number of urea groups is 1. The average molecular weight is 355 g/mol. The molecule has 0 radical (unpaired) electrons. The number of amides is 2. The molecule has 0 bridgehead atoms. The summed E-state index contributed by atoms with van der Waals surface area (Å²) in [5.74, 6) is -0.307. The number of ether oxygens (including phenoxy) is 1. The summed E-state index contributed by atoms with van der Waals surface area (Å²) in [6, 6.07) is 5.23. The predicted molar refractivity (Wildman–Crippen MR) is 80.4 cm³/mol. The molecule has 7 nitrogen and oxygen atoms in total. The van der Waals surface area contributed by atoms with Crippen molar-refractivity contribution in [3.05, 3.63) is 41.7 Å². The van der Waals surface area contributed by atoms with Gasteiger partial charge in [0, 0.05) is 7.05 Å². The summed E-state index contributed by atoms with van der Waals surface area (Å²) in [6.07, 6.45) is -1.94. The van der Waals surface area contributed by atoms with Crippen molar-refractivity contribution in [3.8, 4) is 5.75 Å². The van der Waals surface area contributed by atoms with E-state index in [4.69, 9.17) is 0 Å². The molecule has 2 N–H and O–H groups in total. The van der Waals surface area contributed by atoms with E-state index >= 15 is 0 Å². The fourth-order valence-corrected chi connectivity index (χ4v) is 2.50. The van der Waals surface area contributed by atoms with Gasteiger partial charge in [-0.15, -0.1) is 13.2 Å². The Morgan fingerprint density at radius 1 is 1.40 bits per heavy atom. The first-order chi connectivity index (χ1) is 11.8. The van der Waals surface area contributed by atoms with Crippen LogP contribution in [-0.2, 0) is 19.1 Å². The second-order valence-electron chi connectivity index (χ2n) is 5.79. The quantitative estimate of drug-likeness (QED) is 0.862. The molecule has 1 fully saturated rings. The normalized spacial score (nSPS) is 15.5. The van der Waals surface area contributed by atoms with Gasteiger partial charge in [0.25, 0.3) is 0 Å². The van der Waals surface area contributed by atoms with Crippen LogP contribution in [0.4, 0.5) is 18.0 Å². The molecule has 3 rings (SSSR count). The smallest absolute Gasteiger partial charge is 0.406 e. The molecular formula is C15H16F3N5O2. The van der Waals surface area contributed by atoms with Crippen LogP contribution in [0, 0.1) is 0 Å². The first-order valence-corrected chi connectivity index (χ1v) is 7.53. The van der Waals surface area contributed by atoms with E-state index in [9.17, 15) is 18.0 Å². The summed E-state index contributed by atoms with van der Waals surface area (Å²) in [5.41, 5.74) is 0.504. The van der Waals surface area contributed by atoms with Gasteiger partial charge in [0.05, 0.1) is 18.3 Å². The zero-order chi connectivity index (χ0) is 18.1. The maximum Gasteiger partial charge on any atom is 0.573 e. The predicted octanol–water partition coefficient (Wildman–Crippen LogP) is 2.20. The summed E-state index contributed by atoms with van der Waals surface area (Å²) in [5, 5.41) is 13.4. The Morgan fingerprint density at radius 2 is 2.16 bits per heavy atom. The van der Waals surface area contributed by atoms with Gasteiger partial charge >= 0.3 is 12.4 Å². The highest BCUT2D eigenvalue weighted by Crippen LogP contribution is 2.46. The molecule has 1 aliphatic rings. The number of hydrogen-bond donors (Lipinski definition) is 2. The molecule has 0 atom stereocenters. The van der Waals surface area contributed by atoms with Crippen molar-refractivity contribution in [2.45, 2.75) is 31.3 Å². The number of carbonyl (C=O) groups is 1. The number of carbonyl (C=O) groups excluding carboxylic acids is 1. The molecule has 0 spiro atoms.